The largest absolute Gasteiger partial charge is 0.369 e. The Hall–Kier alpha value is -0.910. The lowest BCUT2D eigenvalue weighted by Crippen LogP contribution is -2.47. The first-order chi connectivity index (χ1) is 11.2. The molecule has 0 unspecified atom stereocenters. The Bertz CT molecular complexity index is 543. The fourth-order valence-corrected chi connectivity index (χ4v) is 4.65. The highest BCUT2D eigenvalue weighted by Crippen LogP contribution is 2.38. The van der Waals surface area contributed by atoms with Gasteiger partial charge in [-0.15, -0.1) is 0 Å². The van der Waals surface area contributed by atoms with Crippen LogP contribution in [0, 0.1) is 5.92 Å². The second-order valence-electron chi connectivity index (χ2n) is 7.47. The van der Waals surface area contributed by atoms with Crippen LogP contribution in [-0.2, 0) is 4.74 Å². The van der Waals surface area contributed by atoms with E-state index in [1.165, 1.54) is 38.8 Å². The van der Waals surface area contributed by atoms with Gasteiger partial charge in [-0.2, -0.15) is 11.3 Å². The van der Waals surface area contributed by atoms with Crippen molar-refractivity contribution < 1.29 is 9.53 Å². The third-order valence-electron chi connectivity index (χ3n) is 5.46. The number of hydrogen-bond donors (Lipinski definition) is 1. The highest BCUT2D eigenvalue weighted by atomic mass is 32.1. The third-order valence-corrected chi connectivity index (χ3v) is 6.14. The molecule has 2 saturated heterocycles. The first-order valence-corrected chi connectivity index (χ1v) is 9.87. The fraction of sp³-hybridized carbons (Fsp3) is 0.722. The van der Waals surface area contributed by atoms with Gasteiger partial charge in [0, 0.05) is 37.1 Å². The van der Waals surface area contributed by atoms with Gasteiger partial charge in [0.05, 0.1) is 11.7 Å². The molecule has 3 fully saturated rings. The van der Waals surface area contributed by atoms with E-state index in [1.54, 1.807) is 11.3 Å². The monoisotopic (exact) mass is 334 g/mol. The van der Waals surface area contributed by atoms with E-state index in [4.69, 9.17) is 4.74 Å². The number of carbonyl (C=O) groups is 1. The summed E-state index contributed by atoms with van der Waals surface area (Å²) in [4.78, 5) is 14.7. The van der Waals surface area contributed by atoms with Crippen molar-refractivity contribution in [3.05, 3.63) is 22.4 Å². The lowest BCUT2D eigenvalue weighted by atomic mass is 9.90. The van der Waals surface area contributed by atoms with Crippen LogP contribution in [0.2, 0.25) is 0 Å². The molecule has 23 heavy (non-hydrogen) atoms. The normalized spacial score (nSPS) is 31.6. The average Bonchev–Trinajstić information content (AvgIpc) is 3.05. The van der Waals surface area contributed by atoms with Crippen LogP contribution in [0.4, 0.5) is 0 Å². The van der Waals surface area contributed by atoms with Crippen LogP contribution in [0.1, 0.15) is 48.9 Å². The highest BCUT2D eigenvalue weighted by Gasteiger charge is 2.43. The van der Waals surface area contributed by atoms with E-state index in [1.807, 2.05) is 16.8 Å². The summed E-state index contributed by atoms with van der Waals surface area (Å²) in [6.07, 6.45) is 7.64. The quantitative estimate of drug-likeness (QED) is 0.900. The average molecular weight is 334 g/mol. The van der Waals surface area contributed by atoms with Crippen LogP contribution in [0.25, 0.3) is 0 Å². The predicted octanol–water partition coefficient (Wildman–Crippen LogP) is 2.90. The van der Waals surface area contributed by atoms with Crippen LogP contribution in [-0.4, -0.2) is 48.7 Å². The number of nitrogens with zero attached hydrogens (tertiary/aromatic N) is 1. The summed E-state index contributed by atoms with van der Waals surface area (Å²) in [7, 11) is 0. The number of nitrogens with one attached hydrogen (secondary N) is 1. The van der Waals surface area contributed by atoms with E-state index < -0.39 is 0 Å². The predicted molar refractivity (Wildman–Crippen MR) is 91.9 cm³/mol. The molecule has 1 aromatic heterocycles. The lowest BCUT2D eigenvalue weighted by Gasteiger charge is -2.39. The SMILES string of the molecule is O=C(NC[C@@H]1CCC[C@]2(CCN(CC3CC3)C2)O1)c1ccsc1. The Morgan fingerprint density at radius 2 is 2.30 bits per heavy atom. The minimum absolute atomic E-state index is 0.0243. The van der Waals surface area contributed by atoms with Crippen LogP contribution < -0.4 is 5.32 Å². The van der Waals surface area contributed by atoms with E-state index in [2.05, 4.69) is 10.2 Å². The van der Waals surface area contributed by atoms with Gasteiger partial charge in [-0.1, -0.05) is 0 Å². The van der Waals surface area contributed by atoms with Crippen molar-refractivity contribution in [1.29, 1.82) is 0 Å². The maximum atomic E-state index is 12.1. The van der Waals surface area contributed by atoms with Gasteiger partial charge in [0.15, 0.2) is 0 Å². The van der Waals surface area contributed by atoms with Gasteiger partial charge >= 0.3 is 0 Å². The molecular weight excluding hydrogens is 308 g/mol. The molecule has 2 atom stereocenters. The third kappa shape index (κ3) is 3.78. The number of likely N-dealkylation sites (tertiary alicyclic amines) is 1. The summed E-state index contributed by atoms with van der Waals surface area (Å²) in [6, 6.07) is 1.87. The Morgan fingerprint density at radius 3 is 3.09 bits per heavy atom. The standard InChI is InChI=1S/C18H26N2O2S/c21-17(15-5-9-23-12-15)19-10-16-2-1-6-18(22-16)7-8-20(13-18)11-14-3-4-14/h5,9,12,14,16H,1-4,6-8,10-11,13H2,(H,19,21)/t16-,18+/m0/s1. The van der Waals surface area contributed by atoms with Crippen molar-refractivity contribution in [3.8, 4) is 0 Å². The van der Waals surface area contributed by atoms with E-state index >= 15 is 0 Å². The molecule has 3 heterocycles. The number of hydrogen-bond acceptors (Lipinski definition) is 4. The number of thiophene rings is 1. The molecule has 1 aliphatic carbocycles. The summed E-state index contributed by atoms with van der Waals surface area (Å²) in [5.74, 6) is 0.977. The zero-order valence-corrected chi connectivity index (χ0v) is 14.4. The van der Waals surface area contributed by atoms with Gasteiger partial charge in [0.1, 0.15) is 0 Å². The van der Waals surface area contributed by atoms with Gasteiger partial charge in [-0.05, 0) is 55.9 Å². The Kier molecular flexibility index (Phi) is 4.43. The second kappa shape index (κ2) is 6.54. The number of carbonyl (C=O) groups excluding carboxylic acids is 1. The van der Waals surface area contributed by atoms with E-state index in [0.29, 0.717) is 6.54 Å². The maximum absolute atomic E-state index is 12.1. The van der Waals surface area contributed by atoms with Crippen LogP contribution in [0.15, 0.2) is 16.8 Å². The van der Waals surface area contributed by atoms with Crippen LogP contribution in [0.5, 0.6) is 0 Å². The minimum atomic E-state index is 0.0243. The summed E-state index contributed by atoms with van der Waals surface area (Å²) in [5, 5.41) is 6.88. The smallest absolute Gasteiger partial charge is 0.252 e. The van der Waals surface area contributed by atoms with Crippen LogP contribution in [0.3, 0.4) is 0 Å². The fourth-order valence-electron chi connectivity index (χ4n) is 4.02. The van der Waals surface area contributed by atoms with Crippen molar-refractivity contribution in [1.82, 2.24) is 10.2 Å². The first kappa shape index (κ1) is 15.6. The molecule has 0 radical (unpaired) electrons. The van der Waals surface area contributed by atoms with Gasteiger partial charge in [-0.25, -0.2) is 0 Å². The molecule has 126 valence electrons. The highest BCUT2D eigenvalue weighted by molar-refractivity contribution is 7.08. The molecule has 1 spiro atoms. The van der Waals surface area contributed by atoms with Gasteiger partial charge in [-0.3, -0.25) is 4.79 Å². The molecule has 1 aromatic rings. The molecular formula is C18H26N2O2S. The molecule has 0 aromatic carbocycles. The maximum Gasteiger partial charge on any atom is 0.252 e. The van der Waals surface area contributed by atoms with Crippen molar-refractivity contribution in [2.75, 3.05) is 26.2 Å². The summed E-state index contributed by atoms with van der Waals surface area (Å²) >= 11 is 1.56. The number of ether oxygens (including phenoxy) is 1. The van der Waals surface area contributed by atoms with Crippen LogP contribution >= 0.6 is 11.3 Å². The van der Waals surface area contributed by atoms with E-state index in [-0.39, 0.29) is 17.6 Å². The Morgan fingerprint density at radius 1 is 1.39 bits per heavy atom. The first-order valence-electron chi connectivity index (χ1n) is 8.93. The molecule has 4 nitrogen and oxygen atoms in total. The Labute approximate surface area is 142 Å². The Balaban J connectivity index is 1.28. The summed E-state index contributed by atoms with van der Waals surface area (Å²) < 4.78 is 6.48. The molecule has 1 N–H and O–H groups in total. The molecule has 3 aliphatic rings. The van der Waals surface area contributed by atoms with Crippen molar-refractivity contribution in [2.24, 2.45) is 5.92 Å². The molecule has 1 amide bonds. The zero-order valence-electron chi connectivity index (χ0n) is 13.6. The van der Waals surface area contributed by atoms with Crippen molar-refractivity contribution in [3.63, 3.8) is 0 Å². The summed E-state index contributed by atoms with van der Waals surface area (Å²) in [6.45, 7) is 4.19. The van der Waals surface area contributed by atoms with Gasteiger partial charge in [0.2, 0.25) is 0 Å². The topological polar surface area (TPSA) is 41.6 Å². The minimum Gasteiger partial charge on any atom is -0.369 e. The number of rotatable bonds is 5. The second-order valence-corrected chi connectivity index (χ2v) is 8.25. The van der Waals surface area contributed by atoms with Gasteiger partial charge < -0.3 is 15.0 Å². The molecule has 0 bridgehead atoms. The van der Waals surface area contributed by atoms with E-state index in [9.17, 15) is 4.79 Å². The lowest BCUT2D eigenvalue weighted by molar-refractivity contribution is -0.118. The molecule has 5 heteroatoms. The zero-order chi connectivity index (χ0) is 15.7. The van der Waals surface area contributed by atoms with E-state index in [0.717, 1.165) is 30.9 Å². The van der Waals surface area contributed by atoms with Crippen molar-refractivity contribution >= 4 is 17.2 Å². The summed E-state index contributed by atoms with van der Waals surface area (Å²) in [5.41, 5.74) is 0.822. The number of amides is 1. The molecule has 1 saturated carbocycles. The molecule has 2 aliphatic heterocycles. The molecule has 4 rings (SSSR count). The van der Waals surface area contributed by atoms with Crippen molar-refractivity contribution in [2.45, 2.75) is 50.2 Å². The van der Waals surface area contributed by atoms with Gasteiger partial charge in [0.25, 0.3) is 5.91 Å².